The molecule has 0 amide bonds. The summed E-state index contributed by atoms with van der Waals surface area (Å²) in [6.07, 6.45) is 0. The molecule has 0 heterocycles. The van der Waals surface area contributed by atoms with Gasteiger partial charge in [0.25, 0.3) is 0 Å². The van der Waals surface area contributed by atoms with Crippen molar-refractivity contribution in [3.63, 3.8) is 0 Å². The van der Waals surface area contributed by atoms with Gasteiger partial charge < -0.3 is 15.2 Å². The maximum Gasteiger partial charge on any atom is 0.120 e. The first-order valence-electron chi connectivity index (χ1n) is 7.72. The molecule has 0 aromatic heterocycles. The van der Waals surface area contributed by atoms with E-state index in [1.54, 1.807) is 19.2 Å². The normalized spacial score (nSPS) is 13.2. The van der Waals surface area contributed by atoms with Gasteiger partial charge in [-0.05, 0) is 52.8 Å². The first-order valence-corrected chi connectivity index (χ1v) is 7.72. The van der Waals surface area contributed by atoms with Gasteiger partial charge in [0.15, 0.2) is 0 Å². The summed E-state index contributed by atoms with van der Waals surface area (Å²) in [5.74, 6) is 1.07. The van der Waals surface area contributed by atoms with Crippen molar-refractivity contribution in [2.24, 2.45) is 0 Å². The molecule has 0 aliphatic carbocycles. The van der Waals surface area contributed by atoms with Crippen LogP contribution in [0.4, 0.5) is 0 Å². The molecule has 120 valence electrons. The fourth-order valence-corrected chi connectivity index (χ4v) is 2.64. The number of benzene rings is 1. The van der Waals surface area contributed by atoms with Gasteiger partial charge in [-0.1, -0.05) is 0 Å². The highest BCUT2D eigenvalue weighted by atomic mass is 16.5. The lowest BCUT2D eigenvalue weighted by Crippen LogP contribution is -2.41. The zero-order chi connectivity index (χ0) is 16.0. The maximum atomic E-state index is 9.98. The zero-order valence-corrected chi connectivity index (χ0v) is 14.2. The standard InChI is InChI=1S/C17H30N2O2/c1-12(2)19(13(3)4)10-9-18-14(5)16-11-15(21-6)7-8-17(16)20/h7-8,11-14,18,20H,9-10H2,1-6H3. The Morgan fingerprint density at radius 3 is 2.29 bits per heavy atom. The van der Waals surface area contributed by atoms with Crippen LogP contribution in [-0.4, -0.2) is 42.3 Å². The van der Waals surface area contributed by atoms with Crippen LogP contribution in [0, 0.1) is 0 Å². The fraction of sp³-hybridized carbons (Fsp3) is 0.647. The van der Waals surface area contributed by atoms with Crippen molar-refractivity contribution in [3.8, 4) is 11.5 Å². The predicted molar refractivity (Wildman–Crippen MR) is 88.1 cm³/mol. The van der Waals surface area contributed by atoms with E-state index >= 15 is 0 Å². The lowest BCUT2D eigenvalue weighted by molar-refractivity contribution is 0.174. The molecule has 0 fully saturated rings. The number of ether oxygens (including phenoxy) is 1. The summed E-state index contributed by atoms with van der Waals surface area (Å²) in [4.78, 5) is 2.45. The van der Waals surface area contributed by atoms with Crippen LogP contribution < -0.4 is 10.1 Å². The molecule has 4 nitrogen and oxygen atoms in total. The molecular formula is C17H30N2O2. The van der Waals surface area contributed by atoms with Crippen molar-refractivity contribution in [3.05, 3.63) is 23.8 Å². The number of nitrogens with one attached hydrogen (secondary N) is 1. The number of aromatic hydroxyl groups is 1. The first-order chi connectivity index (χ1) is 9.86. The molecule has 0 aliphatic heterocycles. The molecule has 21 heavy (non-hydrogen) atoms. The summed E-state index contributed by atoms with van der Waals surface area (Å²) in [7, 11) is 1.64. The lowest BCUT2D eigenvalue weighted by atomic mass is 10.1. The van der Waals surface area contributed by atoms with E-state index in [9.17, 15) is 5.11 Å². The Hall–Kier alpha value is -1.26. The van der Waals surface area contributed by atoms with Crippen molar-refractivity contribution < 1.29 is 9.84 Å². The summed E-state index contributed by atoms with van der Waals surface area (Å²) in [5.41, 5.74) is 0.870. The van der Waals surface area contributed by atoms with Gasteiger partial charge in [0.2, 0.25) is 0 Å². The van der Waals surface area contributed by atoms with E-state index < -0.39 is 0 Å². The molecule has 0 bridgehead atoms. The van der Waals surface area contributed by atoms with Gasteiger partial charge >= 0.3 is 0 Å². The highest BCUT2D eigenvalue weighted by Gasteiger charge is 2.15. The summed E-state index contributed by atoms with van der Waals surface area (Å²) in [6.45, 7) is 12.8. The second kappa shape index (κ2) is 8.25. The zero-order valence-electron chi connectivity index (χ0n) is 14.2. The van der Waals surface area contributed by atoms with Gasteiger partial charge in [0, 0.05) is 36.8 Å². The molecule has 1 aromatic rings. The van der Waals surface area contributed by atoms with Crippen molar-refractivity contribution >= 4 is 0 Å². The Morgan fingerprint density at radius 2 is 1.76 bits per heavy atom. The Labute approximate surface area is 129 Å². The number of phenols is 1. The molecule has 0 saturated carbocycles. The van der Waals surface area contributed by atoms with Crippen LogP contribution in [-0.2, 0) is 0 Å². The molecule has 1 rings (SSSR count). The van der Waals surface area contributed by atoms with Crippen LogP contribution in [0.5, 0.6) is 11.5 Å². The third-order valence-electron chi connectivity index (χ3n) is 3.85. The Kier molecular flexibility index (Phi) is 6.99. The number of hydrogen-bond acceptors (Lipinski definition) is 4. The monoisotopic (exact) mass is 294 g/mol. The average molecular weight is 294 g/mol. The fourth-order valence-electron chi connectivity index (χ4n) is 2.64. The Bertz CT molecular complexity index is 425. The molecule has 1 atom stereocenters. The summed E-state index contributed by atoms with van der Waals surface area (Å²) >= 11 is 0. The smallest absolute Gasteiger partial charge is 0.120 e. The first kappa shape index (κ1) is 17.8. The molecular weight excluding hydrogens is 264 g/mol. The van der Waals surface area contributed by atoms with Crippen molar-refractivity contribution in [1.29, 1.82) is 0 Å². The van der Waals surface area contributed by atoms with Crippen LogP contribution in [0.2, 0.25) is 0 Å². The quantitative estimate of drug-likeness (QED) is 0.773. The minimum atomic E-state index is 0.0845. The van der Waals surface area contributed by atoms with Crippen LogP contribution in [0.3, 0.4) is 0 Å². The second-order valence-electron chi connectivity index (χ2n) is 6.03. The molecule has 1 unspecified atom stereocenters. The van der Waals surface area contributed by atoms with Crippen LogP contribution in [0.1, 0.15) is 46.2 Å². The highest BCUT2D eigenvalue weighted by molar-refractivity contribution is 5.41. The van der Waals surface area contributed by atoms with E-state index in [-0.39, 0.29) is 6.04 Å². The third-order valence-corrected chi connectivity index (χ3v) is 3.85. The highest BCUT2D eigenvalue weighted by Crippen LogP contribution is 2.28. The second-order valence-corrected chi connectivity index (χ2v) is 6.03. The Balaban J connectivity index is 2.59. The predicted octanol–water partition coefficient (Wildman–Crippen LogP) is 3.17. The van der Waals surface area contributed by atoms with Gasteiger partial charge in [-0.3, -0.25) is 4.90 Å². The van der Waals surface area contributed by atoms with Crippen molar-refractivity contribution in [2.45, 2.75) is 52.7 Å². The van der Waals surface area contributed by atoms with E-state index in [1.165, 1.54) is 0 Å². The van der Waals surface area contributed by atoms with E-state index in [4.69, 9.17) is 4.74 Å². The van der Waals surface area contributed by atoms with Gasteiger partial charge in [-0.15, -0.1) is 0 Å². The maximum absolute atomic E-state index is 9.98. The van der Waals surface area contributed by atoms with Gasteiger partial charge in [0.05, 0.1) is 7.11 Å². The Morgan fingerprint density at radius 1 is 1.14 bits per heavy atom. The van der Waals surface area contributed by atoms with E-state index in [0.717, 1.165) is 24.4 Å². The van der Waals surface area contributed by atoms with E-state index in [2.05, 4.69) is 44.8 Å². The molecule has 0 spiro atoms. The van der Waals surface area contributed by atoms with Gasteiger partial charge in [0.1, 0.15) is 11.5 Å². The third kappa shape index (κ3) is 5.21. The number of nitrogens with zero attached hydrogens (tertiary/aromatic N) is 1. The molecule has 0 aliphatic rings. The molecule has 0 saturated heterocycles. The van der Waals surface area contributed by atoms with E-state index in [1.807, 2.05) is 6.07 Å². The summed E-state index contributed by atoms with van der Waals surface area (Å²) in [6, 6.07) is 6.49. The van der Waals surface area contributed by atoms with Gasteiger partial charge in [-0.25, -0.2) is 0 Å². The van der Waals surface area contributed by atoms with Crippen LogP contribution in [0.15, 0.2) is 18.2 Å². The molecule has 4 heteroatoms. The molecule has 1 aromatic carbocycles. The summed E-state index contributed by atoms with van der Waals surface area (Å²) in [5, 5.41) is 13.5. The van der Waals surface area contributed by atoms with E-state index in [0.29, 0.717) is 17.8 Å². The molecule has 0 radical (unpaired) electrons. The van der Waals surface area contributed by atoms with Crippen LogP contribution in [0.25, 0.3) is 0 Å². The van der Waals surface area contributed by atoms with Crippen molar-refractivity contribution in [2.75, 3.05) is 20.2 Å². The topological polar surface area (TPSA) is 44.7 Å². The van der Waals surface area contributed by atoms with Gasteiger partial charge in [-0.2, -0.15) is 0 Å². The SMILES string of the molecule is COc1ccc(O)c(C(C)NCCN(C(C)C)C(C)C)c1. The summed E-state index contributed by atoms with van der Waals surface area (Å²) < 4.78 is 5.22. The van der Waals surface area contributed by atoms with Crippen molar-refractivity contribution in [1.82, 2.24) is 10.2 Å². The largest absolute Gasteiger partial charge is 0.508 e. The number of hydrogen-bond donors (Lipinski definition) is 2. The minimum Gasteiger partial charge on any atom is -0.508 e. The lowest BCUT2D eigenvalue weighted by Gasteiger charge is -2.31. The van der Waals surface area contributed by atoms with Crippen LogP contribution >= 0.6 is 0 Å². The number of rotatable bonds is 8. The minimum absolute atomic E-state index is 0.0845. The molecule has 2 N–H and O–H groups in total. The number of methoxy groups -OCH3 is 1. The average Bonchev–Trinajstić information content (AvgIpc) is 2.43. The number of phenolic OH excluding ortho intramolecular Hbond substituents is 1.